The summed E-state index contributed by atoms with van der Waals surface area (Å²) in [5, 5.41) is 5.45. The summed E-state index contributed by atoms with van der Waals surface area (Å²) in [6.45, 7) is 7.43. The van der Waals surface area contributed by atoms with Gasteiger partial charge in [0.1, 0.15) is 0 Å². The second kappa shape index (κ2) is 8.02. The summed E-state index contributed by atoms with van der Waals surface area (Å²) in [4.78, 5) is 24.3. The SMILES string of the molecule is CC(=O)Nc1ccc(SC(C)C(=O)Nc2ccc(C)c(C)c2)cc1. The molecule has 0 spiro atoms. The van der Waals surface area contributed by atoms with Gasteiger partial charge in [-0.05, 0) is 68.3 Å². The van der Waals surface area contributed by atoms with Gasteiger partial charge in [-0.2, -0.15) is 0 Å². The summed E-state index contributed by atoms with van der Waals surface area (Å²) >= 11 is 1.48. The van der Waals surface area contributed by atoms with E-state index in [2.05, 4.69) is 10.6 Å². The van der Waals surface area contributed by atoms with Gasteiger partial charge in [-0.15, -0.1) is 11.8 Å². The van der Waals surface area contributed by atoms with Crippen molar-refractivity contribution in [3.63, 3.8) is 0 Å². The number of carbonyl (C=O) groups excluding carboxylic acids is 2. The van der Waals surface area contributed by atoms with E-state index in [1.54, 1.807) is 0 Å². The highest BCUT2D eigenvalue weighted by atomic mass is 32.2. The molecule has 2 rings (SSSR count). The normalized spacial score (nSPS) is 11.7. The van der Waals surface area contributed by atoms with Crippen LogP contribution >= 0.6 is 11.8 Å². The maximum Gasteiger partial charge on any atom is 0.237 e. The second-order valence-corrected chi connectivity index (χ2v) is 7.17. The smallest absolute Gasteiger partial charge is 0.237 e. The van der Waals surface area contributed by atoms with Crippen molar-refractivity contribution >= 4 is 35.0 Å². The fraction of sp³-hybridized carbons (Fsp3) is 0.263. The van der Waals surface area contributed by atoms with Crippen molar-refractivity contribution in [2.45, 2.75) is 37.8 Å². The van der Waals surface area contributed by atoms with Crippen LogP contribution in [0.4, 0.5) is 11.4 Å². The van der Waals surface area contributed by atoms with Gasteiger partial charge in [0.15, 0.2) is 0 Å². The molecule has 0 saturated heterocycles. The van der Waals surface area contributed by atoms with Gasteiger partial charge in [0.05, 0.1) is 5.25 Å². The van der Waals surface area contributed by atoms with Crippen LogP contribution < -0.4 is 10.6 Å². The molecule has 0 aliphatic carbocycles. The Balaban J connectivity index is 1.95. The van der Waals surface area contributed by atoms with E-state index in [-0.39, 0.29) is 17.1 Å². The third-order valence-electron chi connectivity index (χ3n) is 3.63. The monoisotopic (exact) mass is 342 g/mol. The van der Waals surface area contributed by atoms with Crippen LogP contribution in [0.2, 0.25) is 0 Å². The first-order chi connectivity index (χ1) is 11.3. The lowest BCUT2D eigenvalue weighted by Gasteiger charge is -2.13. The van der Waals surface area contributed by atoms with Crippen LogP contribution in [0.25, 0.3) is 0 Å². The van der Waals surface area contributed by atoms with Crippen LogP contribution in [-0.2, 0) is 9.59 Å². The number of aryl methyl sites for hydroxylation is 2. The van der Waals surface area contributed by atoms with Crippen LogP contribution in [0.15, 0.2) is 47.4 Å². The molecule has 0 saturated carbocycles. The number of nitrogens with one attached hydrogen (secondary N) is 2. The Morgan fingerprint density at radius 1 is 0.917 bits per heavy atom. The Kier molecular flexibility index (Phi) is 6.04. The first kappa shape index (κ1) is 18.1. The molecule has 2 aromatic carbocycles. The van der Waals surface area contributed by atoms with E-state index >= 15 is 0 Å². The molecule has 126 valence electrons. The fourth-order valence-electron chi connectivity index (χ4n) is 2.14. The van der Waals surface area contributed by atoms with E-state index in [0.29, 0.717) is 0 Å². The van der Waals surface area contributed by atoms with Crippen molar-refractivity contribution in [3.8, 4) is 0 Å². The average molecular weight is 342 g/mol. The first-order valence-corrected chi connectivity index (χ1v) is 8.65. The minimum absolute atomic E-state index is 0.0332. The van der Waals surface area contributed by atoms with Gasteiger partial charge >= 0.3 is 0 Å². The minimum Gasteiger partial charge on any atom is -0.326 e. The summed E-state index contributed by atoms with van der Waals surface area (Å²) in [6, 6.07) is 13.4. The van der Waals surface area contributed by atoms with Crippen molar-refractivity contribution in [3.05, 3.63) is 53.6 Å². The number of thioether (sulfide) groups is 1. The van der Waals surface area contributed by atoms with Crippen molar-refractivity contribution in [2.75, 3.05) is 10.6 Å². The van der Waals surface area contributed by atoms with Crippen LogP contribution in [0, 0.1) is 13.8 Å². The highest BCUT2D eigenvalue weighted by Gasteiger charge is 2.15. The van der Waals surface area contributed by atoms with E-state index in [9.17, 15) is 9.59 Å². The predicted octanol–water partition coefficient (Wildman–Crippen LogP) is 4.38. The van der Waals surface area contributed by atoms with Crippen LogP contribution in [-0.4, -0.2) is 17.1 Å². The topological polar surface area (TPSA) is 58.2 Å². The number of anilines is 2. The van der Waals surface area contributed by atoms with Crippen molar-refractivity contribution in [1.82, 2.24) is 0 Å². The second-order valence-electron chi connectivity index (χ2n) is 5.75. The van der Waals surface area contributed by atoms with E-state index < -0.39 is 0 Å². The number of hydrogen-bond donors (Lipinski definition) is 2. The molecule has 1 atom stereocenters. The highest BCUT2D eigenvalue weighted by molar-refractivity contribution is 8.00. The Hall–Kier alpha value is -2.27. The fourth-order valence-corrected chi connectivity index (χ4v) is 3.01. The van der Waals surface area contributed by atoms with Gasteiger partial charge in [-0.25, -0.2) is 0 Å². The van der Waals surface area contributed by atoms with Gasteiger partial charge in [0.2, 0.25) is 11.8 Å². The lowest BCUT2D eigenvalue weighted by atomic mass is 10.1. The molecule has 2 amide bonds. The molecular formula is C19H22N2O2S. The van der Waals surface area contributed by atoms with Crippen molar-refractivity contribution < 1.29 is 9.59 Å². The average Bonchev–Trinajstić information content (AvgIpc) is 2.52. The third-order valence-corrected chi connectivity index (χ3v) is 4.74. The first-order valence-electron chi connectivity index (χ1n) is 7.77. The number of hydrogen-bond acceptors (Lipinski definition) is 3. The molecule has 0 aliphatic rings. The number of rotatable bonds is 5. The van der Waals surface area contributed by atoms with Crippen LogP contribution in [0.3, 0.4) is 0 Å². The van der Waals surface area contributed by atoms with Crippen LogP contribution in [0.5, 0.6) is 0 Å². The third kappa shape index (κ3) is 5.13. The minimum atomic E-state index is -0.224. The van der Waals surface area contributed by atoms with Crippen molar-refractivity contribution in [1.29, 1.82) is 0 Å². The maximum absolute atomic E-state index is 12.3. The number of benzene rings is 2. The molecule has 0 radical (unpaired) electrons. The zero-order valence-corrected chi connectivity index (χ0v) is 15.2. The van der Waals surface area contributed by atoms with E-state index in [4.69, 9.17) is 0 Å². The highest BCUT2D eigenvalue weighted by Crippen LogP contribution is 2.26. The lowest BCUT2D eigenvalue weighted by Crippen LogP contribution is -2.22. The largest absolute Gasteiger partial charge is 0.326 e. The van der Waals surface area contributed by atoms with Gasteiger partial charge in [-0.3, -0.25) is 9.59 Å². The molecule has 0 heterocycles. The number of amides is 2. The quantitative estimate of drug-likeness (QED) is 0.793. The summed E-state index contributed by atoms with van der Waals surface area (Å²) in [5.74, 6) is -0.134. The molecule has 5 heteroatoms. The molecule has 4 nitrogen and oxygen atoms in total. The zero-order valence-electron chi connectivity index (χ0n) is 14.3. The Labute approximate surface area is 147 Å². The molecule has 24 heavy (non-hydrogen) atoms. The molecule has 1 unspecified atom stereocenters. The van der Waals surface area contributed by atoms with Gasteiger partial charge in [0, 0.05) is 23.2 Å². The zero-order chi connectivity index (χ0) is 17.7. The van der Waals surface area contributed by atoms with Crippen LogP contribution in [0.1, 0.15) is 25.0 Å². The molecule has 2 aromatic rings. The van der Waals surface area contributed by atoms with Gasteiger partial charge in [0.25, 0.3) is 0 Å². The molecule has 0 fully saturated rings. The Morgan fingerprint density at radius 2 is 1.54 bits per heavy atom. The lowest BCUT2D eigenvalue weighted by molar-refractivity contribution is -0.115. The summed E-state index contributed by atoms with van der Waals surface area (Å²) in [5.41, 5.74) is 3.92. The summed E-state index contributed by atoms with van der Waals surface area (Å²) in [7, 11) is 0. The molecular weight excluding hydrogens is 320 g/mol. The van der Waals surface area contributed by atoms with Crippen molar-refractivity contribution in [2.24, 2.45) is 0 Å². The molecule has 2 N–H and O–H groups in total. The molecule has 0 aliphatic heterocycles. The van der Waals surface area contributed by atoms with E-state index in [0.717, 1.165) is 21.8 Å². The molecule has 0 aromatic heterocycles. The van der Waals surface area contributed by atoms with E-state index in [1.165, 1.54) is 24.2 Å². The van der Waals surface area contributed by atoms with Gasteiger partial charge in [-0.1, -0.05) is 6.07 Å². The predicted molar refractivity (Wildman–Crippen MR) is 101 cm³/mol. The standard InChI is InChI=1S/C19H22N2O2S/c1-12-5-6-17(11-13(12)2)21-19(23)14(3)24-18-9-7-16(8-10-18)20-15(4)22/h5-11,14H,1-4H3,(H,20,22)(H,21,23). The Morgan fingerprint density at radius 3 is 2.12 bits per heavy atom. The maximum atomic E-state index is 12.3. The van der Waals surface area contributed by atoms with E-state index in [1.807, 2.05) is 63.2 Å². The number of carbonyl (C=O) groups is 2. The Bertz CT molecular complexity index is 742. The van der Waals surface area contributed by atoms with Gasteiger partial charge < -0.3 is 10.6 Å². The summed E-state index contributed by atoms with van der Waals surface area (Å²) < 4.78 is 0. The molecule has 0 bridgehead atoms. The summed E-state index contributed by atoms with van der Waals surface area (Å²) in [6.07, 6.45) is 0.